The first-order valence-corrected chi connectivity index (χ1v) is 7.56. The third kappa shape index (κ3) is 2.81. The Hall–Kier alpha value is -0.730. The Morgan fingerprint density at radius 2 is 1.17 bits per heavy atom. The highest BCUT2D eigenvalue weighted by Crippen LogP contribution is 2.39. The van der Waals surface area contributed by atoms with Gasteiger partial charge in [0.25, 0.3) is 0 Å². The molecule has 0 aliphatic heterocycles. The molecule has 2 aliphatic carbocycles. The lowest BCUT2D eigenvalue weighted by Crippen LogP contribution is -2.37. The van der Waals surface area contributed by atoms with E-state index in [2.05, 4.69) is 13.8 Å². The largest absolute Gasteiger partial charge is 0.509 e. The predicted octanol–water partition coefficient (Wildman–Crippen LogP) is 4.59. The van der Waals surface area contributed by atoms with Crippen LogP contribution in [0.2, 0.25) is 0 Å². The molecule has 0 aromatic rings. The van der Waals surface area contributed by atoms with Crippen molar-refractivity contribution in [3.8, 4) is 0 Å². The van der Waals surface area contributed by atoms with E-state index in [4.69, 9.17) is 9.47 Å². The zero-order chi connectivity index (χ0) is 13.1. The molecule has 0 radical (unpaired) electrons. The summed E-state index contributed by atoms with van der Waals surface area (Å²) in [6.45, 7) is 4.20. The lowest BCUT2D eigenvalue weighted by atomic mass is 9.98. The minimum Gasteiger partial charge on any atom is -0.428 e. The Morgan fingerprint density at radius 3 is 1.44 bits per heavy atom. The summed E-state index contributed by atoms with van der Waals surface area (Å²) in [4.78, 5) is 12.0. The van der Waals surface area contributed by atoms with Crippen molar-refractivity contribution in [3.63, 3.8) is 0 Å². The van der Waals surface area contributed by atoms with Crippen LogP contribution < -0.4 is 0 Å². The van der Waals surface area contributed by atoms with E-state index in [-0.39, 0.29) is 11.2 Å². The number of carbonyl (C=O) groups is 1. The summed E-state index contributed by atoms with van der Waals surface area (Å²) >= 11 is 0. The standard InChI is InChI=1S/C15H26O3/c1-3-14(9-5-6-10-14)17-13(16)18-15(4-2)11-7-8-12-15/h3-12H2,1-2H3. The Morgan fingerprint density at radius 1 is 0.833 bits per heavy atom. The maximum Gasteiger partial charge on any atom is 0.509 e. The van der Waals surface area contributed by atoms with Crippen molar-refractivity contribution in [3.05, 3.63) is 0 Å². The lowest BCUT2D eigenvalue weighted by molar-refractivity contribution is -0.0802. The maximum absolute atomic E-state index is 12.0. The third-order valence-electron chi connectivity index (χ3n) is 4.92. The van der Waals surface area contributed by atoms with Gasteiger partial charge in [-0.1, -0.05) is 13.8 Å². The molecular formula is C15H26O3. The van der Waals surface area contributed by atoms with Crippen LogP contribution in [0.1, 0.15) is 78.1 Å². The Bertz CT molecular complexity index is 258. The molecule has 0 spiro atoms. The monoisotopic (exact) mass is 254 g/mol. The van der Waals surface area contributed by atoms with Gasteiger partial charge in [0.1, 0.15) is 11.2 Å². The summed E-state index contributed by atoms with van der Waals surface area (Å²) in [6.07, 6.45) is 10.0. The number of hydrogen-bond acceptors (Lipinski definition) is 3. The first-order chi connectivity index (χ1) is 8.64. The molecule has 0 amide bonds. The average Bonchev–Trinajstić information content (AvgIpc) is 3.00. The highest BCUT2D eigenvalue weighted by molar-refractivity contribution is 5.61. The fraction of sp³-hybridized carbons (Fsp3) is 0.933. The quantitative estimate of drug-likeness (QED) is 0.688. The van der Waals surface area contributed by atoms with E-state index in [9.17, 15) is 4.79 Å². The van der Waals surface area contributed by atoms with Crippen molar-refractivity contribution in [2.45, 2.75) is 89.3 Å². The van der Waals surface area contributed by atoms with E-state index >= 15 is 0 Å². The van der Waals surface area contributed by atoms with Gasteiger partial charge in [-0.25, -0.2) is 4.79 Å². The van der Waals surface area contributed by atoms with Gasteiger partial charge in [-0.15, -0.1) is 0 Å². The fourth-order valence-electron chi connectivity index (χ4n) is 3.47. The van der Waals surface area contributed by atoms with Crippen molar-refractivity contribution in [1.82, 2.24) is 0 Å². The van der Waals surface area contributed by atoms with Gasteiger partial charge in [0.05, 0.1) is 0 Å². The van der Waals surface area contributed by atoms with Crippen molar-refractivity contribution in [2.75, 3.05) is 0 Å². The van der Waals surface area contributed by atoms with Gasteiger partial charge in [-0.05, 0) is 64.2 Å². The summed E-state index contributed by atoms with van der Waals surface area (Å²) in [5, 5.41) is 0. The van der Waals surface area contributed by atoms with Crippen molar-refractivity contribution in [2.24, 2.45) is 0 Å². The molecule has 0 saturated heterocycles. The first kappa shape index (κ1) is 13.7. The molecule has 2 rings (SSSR count). The van der Waals surface area contributed by atoms with Gasteiger partial charge >= 0.3 is 6.16 Å². The van der Waals surface area contributed by atoms with Crippen molar-refractivity contribution in [1.29, 1.82) is 0 Å². The molecule has 0 aromatic heterocycles. The molecule has 0 heterocycles. The average molecular weight is 254 g/mol. The number of rotatable bonds is 4. The van der Waals surface area contributed by atoms with E-state index in [0.717, 1.165) is 38.5 Å². The van der Waals surface area contributed by atoms with Gasteiger partial charge in [0, 0.05) is 0 Å². The smallest absolute Gasteiger partial charge is 0.428 e. The van der Waals surface area contributed by atoms with Crippen LogP contribution >= 0.6 is 0 Å². The second-order valence-corrected chi connectivity index (χ2v) is 5.94. The van der Waals surface area contributed by atoms with E-state index < -0.39 is 6.16 Å². The molecule has 0 N–H and O–H groups in total. The maximum atomic E-state index is 12.0. The SMILES string of the molecule is CCC1(OC(=O)OC2(CC)CCCC2)CCCC1. The minimum atomic E-state index is -0.428. The van der Waals surface area contributed by atoms with Gasteiger partial charge in [0.2, 0.25) is 0 Å². The number of carbonyl (C=O) groups excluding carboxylic acids is 1. The van der Waals surface area contributed by atoms with Crippen molar-refractivity contribution < 1.29 is 14.3 Å². The van der Waals surface area contributed by atoms with Crippen LogP contribution in [-0.2, 0) is 9.47 Å². The van der Waals surface area contributed by atoms with Crippen LogP contribution in [0.5, 0.6) is 0 Å². The van der Waals surface area contributed by atoms with Gasteiger partial charge in [-0.2, -0.15) is 0 Å². The molecule has 0 bridgehead atoms. The predicted molar refractivity (Wildman–Crippen MR) is 70.5 cm³/mol. The molecule has 3 nitrogen and oxygen atoms in total. The Balaban J connectivity index is 1.91. The zero-order valence-corrected chi connectivity index (χ0v) is 11.8. The third-order valence-corrected chi connectivity index (χ3v) is 4.92. The van der Waals surface area contributed by atoms with E-state index in [0.29, 0.717) is 0 Å². The molecular weight excluding hydrogens is 228 g/mol. The molecule has 0 aromatic carbocycles. The summed E-state index contributed by atoms with van der Waals surface area (Å²) < 4.78 is 11.4. The molecule has 18 heavy (non-hydrogen) atoms. The summed E-state index contributed by atoms with van der Waals surface area (Å²) in [5.74, 6) is 0. The van der Waals surface area contributed by atoms with Crippen LogP contribution in [-0.4, -0.2) is 17.4 Å². The molecule has 2 saturated carbocycles. The topological polar surface area (TPSA) is 35.5 Å². The van der Waals surface area contributed by atoms with Crippen LogP contribution in [0.4, 0.5) is 4.79 Å². The normalized spacial score (nSPS) is 25.0. The van der Waals surface area contributed by atoms with Crippen molar-refractivity contribution >= 4 is 6.16 Å². The van der Waals surface area contributed by atoms with Gasteiger partial charge < -0.3 is 9.47 Å². The Kier molecular flexibility index (Phi) is 4.18. The molecule has 2 aliphatic rings. The van der Waals surface area contributed by atoms with Gasteiger partial charge in [0.15, 0.2) is 0 Å². The highest BCUT2D eigenvalue weighted by Gasteiger charge is 2.41. The zero-order valence-electron chi connectivity index (χ0n) is 11.8. The molecule has 0 atom stereocenters. The summed E-state index contributed by atoms with van der Waals surface area (Å²) in [5.41, 5.74) is -0.463. The lowest BCUT2D eigenvalue weighted by Gasteiger charge is -2.32. The molecule has 104 valence electrons. The number of ether oxygens (including phenoxy) is 2. The van der Waals surface area contributed by atoms with E-state index in [1.54, 1.807) is 0 Å². The van der Waals surface area contributed by atoms with Crippen LogP contribution in [0.25, 0.3) is 0 Å². The van der Waals surface area contributed by atoms with Crippen LogP contribution in [0, 0.1) is 0 Å². The first-order valence-electron chi connectivity index (χ1n) is 7.56. The van der Waals surface area contributed by atoms with Crippen LogP contribution in [0.15, 0.2) is 0 Å². The summed E-state index contributed by atoms with van der Waals surface area (Å²) in [6, 6.07) is 0. The second kappa shape index (κ2) is 5.50. The highest BCUT2D eigenvalue weighted by atomic mass is 16.7. The Labute approximate surface area is 110 Å². The number of hydrogen-bond donors (Lipinski definition) is 0. The van der Waals surface area contributed by atoms with Crippen LogP contribution in [0.3, 0.4) is 0 Å². The van der Waals surface area contributed by atoms with E-state index in [1.165, 1.54) is 25.7 Å². The van der Waals surface area contributed by atoms with Gasteiger partial charge in [-0.3, -0.25) is 0 Å². The molecule has 0 unspecified atom stereocenters. The minimum absolute atomic E-state index is 0.232. The second-order valence-electron chi connectivity index (χ2n) is 5.94. The fourth-order valence-corrected chi connectivity index (χ4v) is 3.47. The van der Waals surface area contributed by atoms with E-state index in [1.807, 2.05) is 0 Å². The molecule has 3 heteroatoms. The molecule has 2 fully saturated rings. The summed E-state index contributed by atoms with van der Waals surface area (Å²) in [7, 11) is 0.